The molecule has 6 heteroatoms. The van der Waals surface area contributed by atoms with Crippen molar-refractivity contribution < 1.29 is 9.53 Å². The minimum Gasteiger partial charge on any atom is -0.493 e. The van der Waals surface area contributed by atoms with E-state index in [4.69, 9.17) is 4.74 Å². The number of carbonyl (C=O) groups is 1. The molecule has 2 aromatic heterocycles. The standard InChI is InChI=1S/C18H18BrN3O2/c1-4-14-16(22-9-5-6-15(24-3)17(22)21-14)18(23)20-12-7-8-13(19)11(2)10-12/h5-10H,4H2,1-3H3,(H,20,23). The molecular weight excluding hydrogens is 370 g/mol. The number of aryl methyl sites for hydroxylation is 2. The molecule has 124 valence electrons. The summed E-state index contributed by atoms with van der Waals surface area (Å²) in [6.07, 6.45) is 2.48. The van der Waals surface area contributed by atoms with Gasteiger partial charge in [-0.15, -0.1) is 0 Å². The summed E-state index contributed by atoms with van der Waals surface area (Å²) in [4.78, 5) is 17.4. The van der Waals surface area contributed by atoms with Gasteiger partial charge in [-0.1, -0.05) is 22.9 Å². The van der Waals surface area contributed by atoms with Gasteiger partial charge >= 0.3 is 0 Å². The minimum atomic E-state index is -0.186. The maximum absolute atomic E-state index is 12.8. The van der Waals surface area contributed by atoms with Gasteiger partial charge in [0.1, 0.15) is 5.69 Å². The van der Waals surface area contributed by atoms with Gasteiger partial charge in [0.2, 0.25) is 0 Å². The number of fused-ring (bicyclic) bond motifs is 1. The van der Waals surface area contributed by atoms with Gasteiger partial charge in [-0.2, -0.15) is 0 Å². The first-order valence-corrected chi connectivity index (χ1v) is 8.46. The zero-order valence-corrected chi connectivity index (χ0v) is 15.3. The van der Waals surface area contributed by atoms with Crippen molar-refractivity contribution in [3.63, 3.8) is 0 Å². The summed E-state index contributed by atoms with van der Waals surface area (Å²) in [5.41, 5.74) is 3.73. The zero-order chi connectivity index (χ0) is 17.3. The van der Waals surface area contributed by atoms with Gasteiger partial charge in [0.15, 0.2) is 11.4 Å². The average molecular weight is 388 g/mol. The quantitative estimate of drug-likeness (QED) is 0.728. The molecule has 3 rings (SSSR count). The number of benzene rings is 1. The van der Waals surface area contributed by atoms with Gasteiger partial charge in [-0.05, 0) is 49.2 Å². The lowest BCUT2D eigenvalue weighted by molar-refractivity contribution is 0.102. The van der Waals surface area contributed by atoms with E-state index in [-0.39, 0.29) is 5.91 Å². The predicted molar refractivity (Wildman–Crippen MR) is 98.0 cm³/mol. The molecule has 0 aliphatic heterocycles. The molecule has 3 aromatic rings. The van der Waals surface area contributed by atoms with Crippen LogP contribution < -0.4 is 10.1 Å². The highest BCUT2D eigenvalue weighted by Crippen LogP contribution is 2.24. The molecule has 5 nitrogen and oxygen atoms in total. The summed E-state index contributed by atoms with van der Waals surface area (Å²) < 4.78 is 8.13. The third-order valence-corrected chi connectivity index (χ3v) is 4.76. The van der Waals surface area contributed by atoms with Gasteiger partial charge in [-0.3, -0.25) is 9.20 Å². The highest BCUT2D eigenvalue weighted by molar-refractivity contribution is 9.10. The van der Waals surface area contributed by atoms with E-state index >= 15 is 0 Å². The predicted octanol–water partition coefficient (Wildman–Crippen LogP) is 4.23. The Morgan fingerprint density at radius 2 is 2.17 bits per heavy atom. The van der Waals surface area contributed by atoms with Crippen LogP contribution in [0.25, 0.3) is 5.65 Å². The van der Waals surface area contributed by atoms with Crippen molar-refractivity contribution in [2.24, 2.45) is 0 Å². The summed E-state index contributed by atoms with van der Waals surface area (Å²) >= 11 is 3.46. The van der Waals surface area contributed by atoms with Crippen LogP contribution in [0, 0.1) is 6.92 Å². The molecule has 0 unspecified atom stereocenters. The van der Waals surface area contributed by atoms with Crippen LogP contribution in [0.4, 0.5) is 5.69 Å². The van der Waals surface area contributed by atoms with Crippen LogP contribution >= 0.6 is 15.9 Å². The number of imidazole rings is 1. The third kappa shape index (κ3) is 2.89. The second-order valence-electron chi connectivity index (χ2n) is 5.45. The number of pyridine rings is 1. The van der Waals surface area contributed by atoms with E-state index in [1.54, 1.807) is 11.5 Å². The number of aromatic nitrogens is 2. The number of nitrogens with one attached hydrogen (secondary N) is 1. The average Bonchev–Trinajstić information content (AvgIpc) is 2.96. The molecule has 0 bridgehead atoms. The van der Waals surface area contributed by atoms with Crippen molar-refractivity contribution >= 4 is 33.2 Å². The topological polar surface area (TPSA) is 55.6 Å². The Morgan fingerprint density at radius 3 is 2.83 bits per heavy atom. The van der Waals surface area contributed by atoms with E-state index in [1.165, 1.54) is 0 Å². The molecule has 24 heavy (non-hydrogen) atoms. The number of hydrogen-bond acceptors (Lipinski definition) is 3. The minimum absolute atomic E-state index is 0.186. The molecule has 0 aliphatic rings. The highest BCUT2D eigenvalue weighted by atomic mass is 79.9. The lowest BCUT2D eigenvalue weighted by atomic mass is 10.2. The number of carbonyl (C=O) groups excluding carboxylic acids is 1. The summed E-state index contributed by atoms with van der Waals surface area (Å²) in [7, 11) is 1.60. The van der Waals surface area contributed by atoms with Crippen molar-refractivity contribution in [1.29, 1.82) is 0 Å². The highest BCUT2D eigenvalue weighted by Gasteiger charge is 2.20. The Kier molecular flexibility index (Phi) is 4.57. The monoisotopic (exact) mass is 387 g/mol. The lowest BCUT2D eigenvalue weighted by Crippen LogP contribution is -2.16. The van der Waals surface area contributed by atoms with Crippen LogP contribution in [0.15, 0.2) is 41.0 Å². The van der Waals surface area contributed by atoms with Crippen LogP contribution in [0.3, 0.4) is 0 Å². The van der Waals surface area contributed by atoms with Gasteiger partial charge in [0, 0.05) is 16.4 Å². The Bertz CT molecular complexity index is 918. The normalized spacial score (nSPS) is 10.8. The number of methoxy groups -OCH3 is 1. The number of halogens is 1. The number of rotatable bonds is 4. The van der Waals surface area contributed by atoms with Crippen LogP contribution in [0.2, 0.25) is 0 Å². The molecule has 0 aliphatic carbocycles. The number of nitrogens with zero attached hydrogens (tertiary/aromatic N) is 2. The fourth-order valence-electron chi connectivity index (χ4n) is 2.65. The Labute approximate surface area is 148 Å². The molecule has 0 saturated carbocycles. The molecule has 1 amide bonds. The molecular formula is C18H18BrN3O2. The first-order chi connectivity index (χ1) is 11.5. The van der Waals surface area contributed by atoms with E-state index in [1.807, 2.05) is 50.4 Å². The van der Waals surface area contributed by atoms with Gasteiger partial charge in [0.05, 0.1) is 12.8 Å². The van der Waals surface area contributed by atoms with E-state index in [0.29, 0.717) is 23.5 Å². The van der Waals surface area contributed by atoms with Crippen molar-refractivity contribution in [2.45, 2.75) is 20.3 Å². The fraction of sp³-hybridized carbons (Fsp3) is 0.222. The molecule has 0 spiro atoms. The van der Waals surface area contributed by atoms with E-state index in [2.05, 4.69) is 26.2 Å². The van der Waals surface area contributed by atoms with E-state index < -0.39 is 0 Å². The number of ether oxygens (including phenoxy) is 1. The van der Waals surface area contributed by atoms with E-state index in [0.717, 1.165) is 21.4 Å². The Balaban J connectivity index is 2.04. The molecule has 0 fully saturated rings. The maximum atomic E-state index is 12.8. The molecule has 1 N–H and O–H groups in total. The lowest BCUT2D eigenvalue weighted by Gasteiger charge is -2.08. The van der Waals surface area contributed by atoms with Crippen LogP contribution in [0.5, 0.6) is 5.75 Å². The molecule has 0 saturated heterocycles. The van der Waals surface area contributed by atoms with Crippen LogP contribution in [-0.2, 0) is 6.42 Å². The molecule has 0 atom stereocenters. The smallest absolute Gasteiger partial charge is 0.274 e. The summed E-state index contributed by atoms with van der Waals surface area (Å²) in [6.45, 7) is 3.96. The largest absolute Gasteiger partial charge is 0.493 e. The van der Waals surface area contributed by atoms with Gasteiger partial charge < -0.3 is 10.1 Å². The number of hydrogen-bond donors (Lipinski definition) is 1. The summed E-state index contributed by atoms with van der Waals surface area (Å²) in [6, 6.07) is 9.39. The summed E-state index contributed by atoms with van der Waals surface area (Å²) in [5.74, 6) is 0.458. The van der Waals surface area contributed by atoms with Crippen molar-refractivity contribution in [2.75, 3.05) is 12.4 Å². The van der Waals surface area contributed by atoms with Crippen molar-refractivity contribution in [3.8, 4) is 5.75 Å². The fourth-order valence-corrected chi connectivity index (χ4v) is 2.90. The first kappa shape index (κ1) is 16.5. The number of anilines is 1. The molecule has 2 heterocycles. The number of amides is 1. The van der Waals surface area contributed by atoms with E-state index in [9.17, 15) is 4.79 Å². The maximum Gasteiger partial charge on any atom is 0.274 e. The van der Waals surface area contributed by atoms with Crippen molar-refractivity contribution in [3.05, 3.63) is 58.0 Å². The third-order valence-electron chi connectivity index (χ3n) is 3.87. The van der Waals surface area contributed by atoms with Crippen molar-refractivity contribution in [1.82, 2.24) is 9.38 Å². The second-order valence-corrected chi connectivity index (χ2v) is 6.30. The SMILES string of the molecule is CCc1nc2c(OC)cccn2c1C(=O)Nc1ccc(Br)c(C)c1. The summed E-state index contributed by atoms with van der Waals surface area (Å²) in [5, 5.41) is 2.96. The Morgan fingerprint density at radius 1 is 1.38 bits per heavy atom. The van der Waals surface area contributed by atoms with Gasteiger partial charge in [-0.25, -0.2) is 4.98 Å². The van der Waals surface area contributed by atoms with Crippen LogP contribution in [0.1, 0.15) is 28.7 Å². The Hall–Kier alpha value is -2.34. The van der Waals surface area contributed by atoms with Gasteiger partial charge in [0.25, 0.3) is 5.91 Å². The first-order valence-electron chi connectivity index (χ1n) is 7.66. The zero-order valence-electron chi connectivity index (χ0n) is 13.8. The molecule has 1 aromatic carbocycles. The molecule has 0 radical (unpaired) electrons. The van der Waals surface area contributed by atoms with Crippen LogP contribution in [-0.4, -0.2) is 22.4 Å². The second kappa shape index (κ2) is 6.65.